The lowest BCUT2D eigenvalue weighted by Crippen LogP contribution is -2.30. The van der Waals surface area contributed by atoms with Crippen molar-refractivity contribution in [3.8, 4) is 11.5 Å². The predicted octanol–water partition coefficient (Wildman–Crippen LogP) is 4.87. The molecule has 6 nitrogen and oxygen atoms in total. The molecule has 32 heavy (non-hydrogen) atoms. The minimum atomic E-state index is -0.681. The van der Waals surface area contributed by atoms with Crippen molar-refractivity contribution < 1.29 is 24.2 Å². The summed E-state index contributed by atoms with van der Waals surface area (Å²) in [7, 11) is 1.57. The second-order valence-electron chi connectivity index (χ2n) is 8.45. The van der Waals surface area contributed by atoms with Gasteiger partial charge in [0, 0.05) is 12.1 Å². The summed E-state index contributed by atoms with van der Waals surface area (Å²) in [6, 6.07) is 11.9. The Morgan fingerprint density at radius 1 is 1.12 bits per heavy atom. The zero-order valence-corrected chi connectivity index (χ0v) is 19.3. The number of aryl methyl sites for hydroxylation is 1. The number of benzene rings is 2. The third-order valence-corrected chi connectivity index (χ3v) is 5.45. The number of carbonyl (C=O) groups excluding carboxylic acids is 2. The molecule has 1 N–H and O–H groups in total. The summed E-state index contributed by atoms with van der Waals surface area (Å²) in [5.74, 6) is 0.224. The molecule has 0 radical (unpaired) electrons. The first-order valence-electron chi connectivity index (χ1n) is 10.9. The number of hydrogen-bond donors (Lipinski definition) is 1. The van der Waals surface area contributed by atoms with Crippen LogP contribution in [0.5, 0.6) is 11.5 Å². The lowest BCUT2D eigenvalue weighted by Gasteiger charge is -2.25. The van der Waals surface area contributed by atoms with E-state index in [0.29, 0.717) is 42.6 Å². The molecule has 1 aliphatic heterocycles. The Morgan fingerprint density at radius 2 is 1.88 bits per heavy atom. The summed E-state index contributed by atoms with van der Waals surface area (Å²) < 4.78 is 11.1. The van der Waals surface area contributed by atoms with Gasteiger partial charge >= 0.3 is 0 Å². The van der Waals surface area contributed by atoms with Gasteiger partial charge in [-0.15, -0.1) is 0 Å². The van der Waals surface area contributed by atoms with Gasteiger partial charge in [-0.25, -0.2) is 0 Å². The third-order valence-electron chi connectivity index (χ3n) is 5.45. The minimum absolute atomic E-state index is 0.0951. The summed E-state index contributed by atoms with van der Waals surface area (Å²) >= 11 is 0. The van der Waals surface area contributed by atoms with Crippen molar-refractivity contribution in [2.45, 2.75) is 40.2 Å². The minimum Gasteiger partial charge on any atom is -0.507 e. The van der Waals surface area contributed by atoms with Crippen LogP contribution in [-0.4, -0.2) is 42.0 Å². The molecule has 0 saturated carbocycles. The number of hydrogen-bond acceptors (Lipinski definition) is 5. The van der Waals surface area contributed by atoms with E-state index in [1.807, 2.05) is 38.1 Å². The highest BCUT2D eigenvalue weighted by atomic mass is 16.5. The molecule has 1 aliphatic rings. The van der Waals surface area contributed by atoms with Gasteiger partial charge in [-0.3, -0.25) is 9.59 Å². The van der Waals surface area contributed by atoms with Crippen molar-refractivity contribution in [1.82, 2.24) is 4.90 Å². The number of methoxy groups -OCH3 is 1. The molecule has 0 aromatic heterocycles. The third kappa shape index (κ3) is 4.64. The van der Waals surface area contributed by atoms with E-state index >= 15 is 0 Å². The van der Waals surface area contributed by atoms with Crippen LogP contribution < -0.4 is 9.47 Å². The van der Waals surface area contributed by atoms with Gasteiger partial charge in [-0.1, -0.05) is 32.9 Å². The number of aliphatic hydroxyl groups is 1. The first-order chi connectivity index (χ1) is 15.3. The molecule has 0 bridgehead atoms. The number of Topliss-reactive ketones (excluding diaryl/α,β-unsaturated/α-hetero) is 1. The summed E-state index contributed by atoms with van der Waals surface area (Å²) in [6.07, 6.45) is 0.689. The van der Waals surface area contributed by atoms with Gasteiger partial charge in [0.25, 0.3) is 11.7 Å². The van der Waals surface area contributed by atoms with Gasteiger partial charge in [0.2, 0.25) is 0 Å². The summed E-state index contributed by atoms with van der Waals surface area (Å²) in [6.45, 7) is 8.88. The van der Waals surface area contributed by atoms with Crippen molar-refractivity contribution in [3.05, 3.63) is 64.7 Å². The normalized spacial score (nSPS) is 17.8. The van der Waals surface area contributed by atoms with Crippen LogP contribution in [0.3, 0.4) is 0 Å². The number of likely N-dealkylation sites (tertiary alicyclic amines) is 1. The van der Waals surface area contributed by atoms with Crippen LogP contribution in [0, 0.1) is 12.8 Å². The molecule has 1 heterocycles. The summed E-state index contributed by atoms with van der Waals surface area (Å²) in [5.41, 5.74) is 2.07. The standard InChI is InChI=1S/C26H31NO5/c1-6-12-27-23(18-8-7-9-20(14-18)32-15-16(2)3)22(25(29)26(27)30)24(28)21-11-10-19(31-5)13-17(21)4/h7-11,13-14,16,23,28H,6,12,15H2,1-5H3/b24-22+. The molecule has 1 unspecified atom stereocenters. The van der Waals surface area contributed by atoms with Crippen molar-refractivity contribution in [1.29, 1.82) is 0 Å². The van der Waals surface area contributed by atoms with Crippen LogP contribution in [0.15, 0.2) is 48.0 Å². The van der Waals surface area contributed by atoms with Crippen LogP contribution in [0.25, 0.3) is 5.76 Å². The first-order valence-corrected chi connectivity index (χ1v) is 10.9. The van der Waals surface area contributed by atoms with Crippen LogP contribution in [0.2, 0.25) is 0 Å². The highest BCUT2D eigenvalue weighted by Gasteiger charge is 2.45. The average Bonchev–Trinajstić information content (AvgIpc) is 3.02. The molecule has 0 spiro atoms. The van der Waals surface area contributed by atoms with E-state index in [1.165, 1.54) is 4.90 Å². The number of rotatable bonds is 8. The van der Waals surface area contributed by atoms with Gasteiger partial charge < -0.3 is 19.5 Å². The second-order valence-corrected chi connectivity index (χ2v) is 8.45. The molecule has 170 valence electrons. The SMILES string of the molecule is CCCN1C(=O)C(=O)/C(=C(/O)c2ccc(OC)cc2C)C1c1cccc(OCC(C)C)c1. The van der Waals surface area contributed by atoms with Gasteiger partial charge in [-0.2, -0.15) is 0 Å². The Hall–Kier alpha value is -3.28. The molecular weight excluding hydrogens is 406 g/mol. The molecule has 3 rings (SSSR count). The fourth-order valence-electron chi connectivity index (χ4n) is 3.91. The lowest BCUT2D eigenvalue weighted by atomic mass is 9.93. The summed E-state index contributed by atoms with van der Waals surface area (Å²) in [4.78, 5) is 27.5. The van der Waals surface area contributed by atoms with Gasteiger partial charge in [0.15, 0.2) is 0 Å². The van der Waals surface area contributed by atoms with E-state index < -0.39 is 17.7 Å². The molecule has 2 aromatic carbocycles. The van der Waals surface area contributed by atoms with E-state index in [4.69, 9.17) is 9.47 Å². The lowest BCUT2D eigenvalue weighted by molar-refractivity contribution is -0.139. The van der Waals surface area contributed by atoms with Gasteiger partial charge in [-0.05, 0) is 60.7 Å². The first kappa shape index (κ1) is 23.4. The smallest absolute Gasteiger partial charge is 0.295 e. The second kappa shape index (κ2) is 9.90. The van der Waals surface area contributed by atoms with Gasteiger partial charge in [0.05, 0.1) is 25.3 Å². The Labute approximate surface area is 189 Å². The van der Waals surface area contributed by atoms with Crippen molar-refractivity contribution in [2.24, 2.45) is 5.92 Å². The van der Waals surface area contributed by atoms with E-state index in [-0.39, 0.29) is 11.3 Å². The molecular formula is C26H31NO5. The van der Waals surface area contributed by atoms with Crippen molar-refractivity contribution in [2.75, 3.05) is 20.3 Å². The Balaban J connectivity index is 2.13. The van der Waals surface area contributed by atoms with E-state index in [0.717, 1.165) is 11.1 Å². The van der Waals surface area contributed by atoms with Crippen molar-refractivity contribution >= 4 is 17.4 Å². The van der Waals surface area contributed by atoms with Crippen LogP contribution in [-0.2, 0) is 9.59 Å². The number of ketones is 1. The highest BCUT2D eigenvalue weighted by Crippen LogP contribution is 2.41. The average molecular weight is 438 g/mol. The number of carbonyl (C=O) groups is 2. The molecule has 1 fully saturated rings. The number of aliphatic hydroxyl groups excluding tert-OH is 1. The highest BCUT2D eigenvalue weighted by molar-refractivity contribution is 6.46. The van der Waals surface area contributed by atoms with Crippen LogP contribution in [0.4, 0.5) is 0 Å². The Bertz CT molecular complexity index is 1040. The number of ether oxygens (including phenoxy) is 2. The maximum atomic E-state index is 13.1. The number of amides is 1. The number of nitrogens with zero attached hydrogens (tertiary/aromatic N) is 1. The van der Waals surface area contributed by atoms with Crippen LogP contribution in [0.1, 0.15) is 49.9 Å². The zero-order valence-electron chi connectivity index (χ0n) is 19.3. The molecule has 6 heteroatoms. The fourth-order valence-corrected chi connectivity index (χ4v) is 3.91. The Morgan fingerprint density at radius 3 is 2.50 bits per heavy atom. The maximum absolute atomic E-state index is 13.1. The summed E-state index contributed by atoms with van der Waals surface area (Å²) in [5, 5.41) is 11.2. The molecule has 1 amide bonds. The van der Waals surface area contributed by atoms with Gasteiger partial charge in [0.1, 0.15) is 17.3 Å². The fraction of sp³-hybridized carbons (Fsp3) is 0.385. The quantitative estimate of drug-likeness (QED) is 0.362. The molecule has 1 saturated heterocycles. The predicted molar refractivity (Wildman–Crippen MR) is 124 cm³/mol. The maximum Gasteiger partial charge on any atom is 0.295 e. The van der Waals surface area contributed by atoms with Crippen LogP contribution >= 0.6 is 0 Å². The van der Waals surface area contributed by atoms with E-state index in [9.17, 15) is 14.7 Å². The largest absolute Gasteiger partial charge is 0.507 e. The molecule has 0 aliphatic carbocycles. The zero-order chi connectivity index (χ0) is 23.4. The monoisotopic (exact) mass is 437 g/mol. The molecule has 1 atom stereocenters. The van der Waals surface area contributed by atoms with E-state index in [2.05, 4.69) is 13.8 Å². The molecule has 2 aromatic rings. The topological polar surface area (TPSA) is 76.1 Å². The van der Waals surface area contributed by atoms with E-state index in [1.54, 1.807) is 25.3 Å². The Kier molecular flexibility index (Phi) is 7.23. The van der Waals surface area contributed by atoms with Crippen molar-refractivity contribution in [3.63, 3.8) is 0 Å².